The minimum absolute atomic E-state index is 0.322. The molecule has 8 nitrogen and oxygen atoms in total. The van der Waals surface area contributed by atoms with Crippen LogP contribution >= 0.6 is 0 Å². The van der Waals surface area contributed by atoms with Gasteiger partial charge in [0.1, 0.15) is 11.5 Å². The zero-order valence-corrected chi connectivity index (χ0v) is 18.2. The predicted molar refractivity (Wildman–Crippen MR) is 115 cm³/mol. The molecule has 1 aliphatic rings. The molecule has 1 aromatic rings. The van der Waals surface area contributed by atoms with E-state index < -0.39 is 5.60 Å². The predicted octanol–water partition coefficient (Wildman–Crippen LogP) is 0.885. The van der Waals surface area contributed by atoms with E-state index in [1.54, 1.807) is 14.2 Å². The van der Waals surface area contributed by atoms with Crippen LogP contribution in [0.4, 0.5) is 0 Å². The molecule has 0 aliphatic carbocycles. The van der Waals surface area contributed by atoms with Crippen molar-refractivity contribution in [2.24, 2.45) is 4.99 Å². The Balaban J connectivity index is 1.90. The Morgan fingerprint density at radius 1 is 1.24 bits per heavy atom. The summed E-state index contributed by atoms with van der Waals surface area (Å²) in [5, 5.41) is 17.3. The van der Waals surface area contributed by atoms with E-state index in [-0.39, 0.29) is 0 Å². The summed E-state index contributed by atoms with van der Waals surface area (Å²) in [5.74, 6) is 2.33. The van der Waals surface area contributed by atoms with E-state index in [2.05, 4.69) is 20.5 Å². The average Bonchev–Trinajstić information content (AvgIpc) is 2.72. The first-order chi connectivity index (χ1) is 14.0. The fourth-order valence-corrected chi connectivity index (χ4v) is 3.27. The Bertz CT molecular complexity index is 646. The molecule has 1 aromatic carbocycles. The molecule has 1 heterocycles. The molecule has 0 saturated carbocycles. The zero-order chi connectivity index (χ0) is 21.1. The van der Waals surface area contributed by atoms with E-state index in [9.17, 15) is 5.11 Å². The van der Waals surface area contributed by atoms with Crippen molar-refractivity contribution in [2.75, 3.05) is 66.7 Å². The normalized spacial score (nSPS) is 17.5. The van der Waals surface area contributed by atoms with Gasteiger partial charge in [-0.3, -0.25) is 9.89 Å². The van der Waals surface area contributed by atoms with Crippen molar-refractivity contribution in [3.63, 3.8) is 0 Å². The topological polar surface area (TPSA) is 87.6 Å². The number of benzene rings is 1. The number of morpholine rings is 1. The van der Waals surface area contributed by atoms with E-state index in [0.29, 0.717) is 25.6 Å². The molecule has 0 aromatic heterocycles. The highest BCUT2D eigenvalue weighted by Gasteiger charge is 2.25. The number of guanidine groups is 1. The van der Waals surface area contributed by atoms with E-state index >= 15 is 0 Å². The van der Waals surface area contributed by atoms with Gasteiger partial charge in [-0.05, 0) is 44.0 Å². The average molecular weight is 409 g/mol. The second kappa shape index (κ2) is 11.8. The van der Waals surface area contributed by atoms with Gasteiger partial charge < -0.3 is 30.0 Å². The van der Waals surface area contributed by atoms with Crippen molar-refractivity contribution >= 4 is 5.96 Å². The molecular formula is C21H36N4O4. The molecule has 8 heteroatoms. The van der Waals surface area contributed by atoms with Gasteiger partial charge in [0, 0.05) is 32.7 Å². The van der Waals surface area contributed by atoms with Crippen LogP contribution in [0.1, 0.15) is 19.4 Å². The van der Waals surface area contributed by atoms with Crippen LogP contribution < -0.4 is 20.1 Å². The fourth-order valence-electron chi connectivity index (χ4n) is 3.27. The number of nitrogens with one attached hydrogen (secondary N) is 2. The maximum atomic E-state index is 10.7. The van der Waals surface area contributed by atoms with Gasteiger partial charge in [-0.1, -0.05) is 0 Å². The van der Waals surface area contributed by atoms with Crippen molar-refractivity contribution in [1.29, 1.82) is 0 Å². The molecule has 1 unspecified atom stereocenters. The fraction of sp³-hybridized carbons (Fsp3) is 0.667. The summed E-state index contributed by atoms with van der Waals surface area (Å²) < 4.78 is 16.1. The van der Waals surface area contributed by atoms with Crippen molar-refractivity contribution in [3.05, 3.63) is 23.8 Å². The molecule has 3 N–H and O–H groups in total. The quantitative estimate of drug-likeness (QED) is 0.391. The van der Waals surface area contributed by atoms with Crippen LogP contribution in [0.5, 0.6) is 11.5 Å². The van der Waals surface area contributed by atoms with Crippen LogP contribution in [0.2, 0.25) is 0 Å². The molecule has 1 saturated heterocycles. The Hall–Kier alpha value is -2.03. The smallest absolute Gasteiger partial charge is 0.191 e. The van der Waals surface area contributed by atoms with Crippen molar-refractivity contribution < 1.29 is 19.3 Å². The highest BCUT2D eigenvalue weighted by molar-refractivity contribution is 5.79. The monoisotopic (exact) mass is 408 g/mol. The summed E-state index contributed by atoms with van der Waals surface area (Å²) in [5.41, 5.74) is 0.171. The Labute approximate surface area is 174 Å². The maximum absolute atomic E-state index is 10.7. The summed E-state index contributed by atoms with van der Waals surface area (Å²) in [7, 11) is 3.32. The molecule has 29 heavy (non-hydrogen) atoms. The van der Waals surface area contributed by atoms with E-state index in [1.807, 2.05) is 32.0 Å². The van der Waals surface area contributed by atoms with Gasteiger partial charge in [-0.15, -0.1) is 0 Å². The molecule has 1 atom stereocenters. The van der Waals surface area contributed by atoms with E-state index in [4.69, 9.17) is 14.2 Å². The summed E-state index contributed by atoms with van der Waals surface area (Å²) in [6.45, 7) is 9.32. The first-order valence-corrected chi connectivity index (χ1v) is 10.2. The first kappa shape index (κ1) is 23.3. The number of methoxy groups -OCH3 is 2. The molecule has 1 aliphatic heterocycles. The number of ether oxygens (including phenoxy) is 3. The molecule has 164 valence electrons. The van der Waals surface area contributed by atoms with E-state index in [0.717, 1.165) is 56.3 Å². The number of nitrogens with zero attached hydrogens (tertiary/aromatic N) is 2. The van der Waals surface area contributed by atoms with Gasteiger partial charge in [0.05, 0.1) is 39.6 Å². The summed E-state index contributed by atoms with van der Waals surface area (Å²) in [4.78, 5) is 6.81. The van der Waals surface area contributed by atoms with Gasteiger partial charge in [0.25, 0.3) is 0 Å². The largest absolute Gasteiger partial charge is 0.497 e. The van der Waals surface area contributed by atoms with Gasteiger partial charge in [-0.2, -0.15) is 0 Å². The van der Waals surface area contributed by atoms with Gasteiger partial charge >= 0.3 is 0 Å². The van der Waals surface area contributed by atoms with Crippen LogP contribution in [0, 0.1) is 0 Å². The highest BCUT2D eigenvalue weighted by atomic mass is 16.5. The number of β-amino-alcohol motifs (C(OH)–C–C–N with tert-alkyl or cyclic N) is 1. The lowest BCUT2D eigenvalue weighted by molar-refractivity contribution is -0.0179. The van der Waals surface area contributed by atoms with Crippen LogP contribution in [0.15, 0.2) is 23.2 Å². The van der Waals surface area contributed by atoms with Crippen molar-refractivity contribution in [3.8, 4) is 11.5 Å². The molecule has 0 spiro atoms. The van der Waals surface area contributed by atoms with Crippen LogP contribution in [-0.2, 0) is 11.2 Å². The van der Waals surface area contributed by atoms with Crippen LogP contribution in [0.3, 0.4) is 0 Å². The minimum atomic E-state index is -0.893. The van der Waals surface area contributed by atoms with Crippen molar-refractivity contribution in [2.45, 2.75) is 25.9 Å². The van der Waals surface area contributed by atoms with Crippen molar-refractivity contribution in [1.82, 2.24) is 15.5 Å². The third kappa shape index (κ3) is 8.08. The summed E-state index contributed by atoms with van der Waals surface area (Å²) in [6.07, 6.45) is 0.759. The van der Waals surface area contributed by atoms with Gasteiger partial charge in [-0.25, -0.2) is 0 Å². The molecule has 1 fully saturated rings. The third-order valence-corrected chi connectivity index (χ3v) is 4.76. The lowest BCUT2D eigenvalue weighted by Crippen LogP contribution is -2.48. The number of aliphatic hydroxyl groups is 1. The van der Waals surface area contributed by atoms with Gasteiger partial charge in [0.15, 0.2) is 5.96 Å². The lowest BCUT2D eigenvalue weighted by Gasteiger charge is -2.33. The standard InChI is InChI=1S/C21H36N4O4/c1-5-22-20(24-15-21(2,26)16-25-10-12-29-13-11-25)23-9-8-17-14-18(27-3)6-7-19(17)28-4/h6-7,14,26H,5,8-13,15-16H2,1-4H3,(H2,22,23,24). The Kier molecular flexibility index (Phi) is 9.50. The van der Waals surface area contributed by atoms with E-state index in [1.165, 1.54) is 0 Å². The SMILES string of the molecule is CCNC(=NCC(C)(O)CN1CCOCC1)NCCc1cc(OC)ccc1OC. The molecule has 0 radical (unpaired) electrons. The first-order valence-electron chi connectivity index (χ1n) is 10.2. The van der Waals surface area contributed by atoms with Gasteiger partial charge in [0.2, 0.25) is 0 Å². The zero-order valence-electron chi connectivity index (χ0n) is 18.2. The Morgan fingerprint density at radius 2 is 2.00 bits per heavy atom. The molecule has 0 bridgehead atoms. The lowest BCUT2D eigenvalue weighted by atomic mass is 10.1. The second-order valence-corrected chi connectivity index (χ2v) is 7.44. The summed E-state index contributed by atoms with van der Waals surface area (Å²) >= 11 is 0. The number of aliphatic imine (C=N–C) groups is 1. The second-order valence-electron chi connectivity index (χ2n) is 7.44. The third-order valence-electron chi connectivity index (χ3n) is 4.76. The highest BCUT2D eigenvalue weighted by Crippen LogP contribution is 2.24. The van der Waals surface area contributed by atoms with Crippen LogP contribution in [-0.4, -0.2) is 88.3 Å². The molecule has 2 rings (SSSR count). The molecular weight excluding hydrogens is 372 g/mol. The number of rotatable bonds is 10. The van der Waals surface area contributed by atoms with Crippen LogP contribution in [0.25, 0.3) is 0 Å². The number of hydrogen-bond acceptors (Lipinski definition) is 6. The minimum Gasteiger partial charge on any atom is -0.497 e. The summed E-state index contributed by atoms with van der Waals surface area (Å²) in [6, 6.07) is 5.78. The molecule has 0 amide bonds. The number of hydrogen-bond donors (Lipinski definition) is 3. The maximum Gasteiger partial charge on any atom is 0.191 e. The Morgan fingerprint density at radius 3 is 2.66 bits per heavy atom.